The summed E-state index contributed by atoms with van der Waals surface area (Å²) in [6.07, 6.45) is 2.10. The molecule has 2 N–H and O–H groups in total. The fourth-order valence-corrected chi connectivity index (χ4v) is 2.24. The van der Waals surface area contributed by atoms with Gasteiger partial charge in [-0.1, -0.05) is 34.1 Å². The zero-order valence-corrected chi connectivity index (χ0v) is 11.1. The van der Waals surface area contributed by atoms with E-state index >= 15 is 0 Å². The largest absolute Gasteiger partial charge is 0.341 e. The van der Waals surface area contributed by atoms with Crippen molar-refractivity contribution in [2.45, 2.75) is 46.6 Å². The van der Waals surface area contributed by atoms with Crippen molar-refractivity contribution in [2.24, 2.45) is 23.5 Å². The molecule has 94 valence electrons. The lowest BCUT2D eigenvalue weighted by molar-refractivity contribution is -0.132. The summed E-state index contributed by atoms with van der Waals surface area (Å²) in [6, 6.07) is -0.309. The van der Waals surface area contributed by atoms with Crippen molar-refractivity contribution in [1.82, 2.24) is 4.90 Å². The van der Waals surface area contributed by atoms with Crippen molar-refractivity contribution in [2.75, 3.05) is 13.1 Å². The summed E-state index contributed by atoms with van der Waals surface area (Å²) < 4.78 is 0. The summed E-state index contributed by atoms with van der Waals surface area (Å²) in [4.78, 5) is 14.1. The van der Waals surface area contributed by atoms with E-state index in [1.165, 1.54) is 0 Å². The highest BCUT2D eigenvalue weighted by atomic mass is 16.2. The first-order chi connectivity index (χ1) is 7.47. The zero-order valence-electron chi connectivity index (χ0n) is 11.1. The average molecular weight is 226 g/mol. The van der Waals surface area contributed by atoms with Crippen molar-refractivity contribution in [3.8, 4) is 0 Å². The lowest BCUT2D eigenvalue weighted by atomic mass is 9.95. The van der Waals surface area contributed by atoms with Crippen LogP contribution in [0.15, 0.2) is 0 Å². The lowest BCUT2D eigenvalue weighted by Gasteiger charge is -2.24. The van der Waals surface area contributed by atoms with Crippen LogP contribution in [0.5, 0.6) is 0 Å². The summed E-state index contributed by atoms with van der Waals surface area (Å²) in [7, 11) is 0. The minimum atomic E-state index is -0.309. The number of amides is 1. The third kappa shape index (κ3) is 2.97. The maximum atomic E-state index is 12.1. The van der Waals surface area contributed by atoms with Crippen LogP contribution in [-0.4, -0.2) is 29.9 Å². The maximum absolute atomic E-state index is 12.1. The molecule has 0 aliphatic carbocycles. The molecule has 1 aliphatic heterocycles. The second-order valence-corrected chi connectivity index (χ2v) is 5.49. The van der Waals surface area contributed by atoms with Crippen molar-refractivity contribution in [3.63, 3.8) is 0 Å². The predicted octanol–water partition coefficient (Wildman–Crippen LogP) is 1.86. The number of likely N-dealkylation sites (tertiary alicyclic amines) is 1. The van der Waals surface area contributed by atoms with Crippen LogP contribution < -0.4 is 5.73 Å². The van der Waals surface area contributed by atoms with Gasteiger partial charge in [-0.2, -0.15) is 0 Å². The van der Waals surface area contributed by atoms with Gasteiger partial charge in [0.2, 0.25) is 5.91 Å². The summed E-state index contributed by atoms with van der Waals surface area (Å²) >= 11 is 0. The van der Waals surface area contributed by atoms with E-state index < -0.39 is 0 Å². The van der Waals surface area contributed by atoms with E-state index in [9.17, 15) is 4.79 Å². The smallest absolute Gasteiger partial charge is 0.239 e. The summed E-state index contributed by atoms with van der Waals surface area (Å²) in [5.41, 5.74) is 5.98. The number of hydrogen-bond acceptors (Lipinski definition) is 2. The van der Waals surface area contributed by atoms with Crippen LogP contribution in [0.4, 0.5) is 0 Å². The van der Waals surface area contributed by atoms with Crippen LogP contribution >= 0.6 is 0 Å². The Labute approximate surface area is 99.4 Å². The van der Waals surface area contributed by atoms with Crippen LogP contribution in [0.2, 0.25) is 0 Å². The normalized spacial score (nSPS) is 24.9. The molecular formula is C13H26N2O. The molecular weight excluding hydrogens is 200 g/mol. The lowest BCUT2D eigenvalue weighted by Crippen LogP contribution is -2.46. The van der Waals surface area contributed by atoms with E-state index in [-0.39, 0.29) is 17.9 Å². The van der Waals surface area contributed by atoms with Crippen LogP contribution in [0.1, 0.15) is 40.5 Å². The van der Waals surface area contributed by atoms with Crippen molar-refractivity contribution in [3.05, 3.63) is 0 Å². The molecule has 1 rings (SSSR count). The second-order valence-electron chi connectivity index (χ2n) is 5.49. The topological polar surface area (TPSA) is 46.3 Å². The number of hydrogen-bond donors (Lipinski definition) is 1. The molecule has 0 aromatic carbocycles. The summed E-state index contributed by atoms with van der Waals surface area (Å²) in [6.45, 7) is 10.4. The molecule has 1 unspecified atom stereocenters. The van der Waals surface area contributed by atoms with Gasteiger partial charge >= 0.3 is 0 Å². The molecule has 1 amide bonds. The van der Waals surface area contributed by atoms with E-state index in [1.54, 1.807) is 0 Å². The Balaban J connectivity index is 2.50. The molecule has 0 aromatic heterocycles. The van der Waals surface area contributed by atoms with Crippen LogP contribution in [0, 0.1) is 17.8 Å². The Morgan fingerprint density at radius 1 is 1.44 bits per heavy atom. The van der Waals surface area contributed by atoms with E-state index in [0.717, 1.165) is 25.9 Å². The first-order valence-corrected chi connectivity index (χ1v) is 6.51. The third-order valence-corrected chi connectivity index (χ3v) is 4.02. The maximum Gasteiger partial charge on any atom is 0.239 e. The fourth-order valence-electron chi connectivity index (χ4n) is 2.24. The fraction of sp³-hybridized carbons (Fsp3) is 0.923. The van der Waals surface area contributed by atoms with Gasteiger partial charge in [-0.05, 0) is 24.2 Å². The Morgan fingerprint density at radius 3 is 2.50 bits per heavy atom. The number of nitrogens with zero attached hydrogens (tertiary/aromatic N) is 1. The highest BCUT2D eigenvalue weighted by Crippen LogP contribution is 2.24. The number of carbonyl (C=O) groups excluding carboxylic acids is 1. The van der Waals surface area contributed by atoms with Crippen LogP contribution in [0.3, 0.4) is 0 Å². The standard InChI is InChI=1S/C13H26N2O/c1-5-10(4)12(14)13(16)15-7-6-11(8-15)9(2)3/h9-12H,5-8,14H2,1-4H3/t10-,11?,12-/m0/s1. The Morgan fingerprint density at radius 2 is 2.06 bits per heavy atom. The molecule has 0 radical (unpaired) electrons. The number of rotatable bonds is 4. The van der Waals surface area contributed by atoms with Gasteiger partial charge < -0.3 is 10.6 Å². The van der Waals surface area contributed by atoms with Gasteiger partial charge in [0.1, 0.15) is 0 Å². The molecule has 1 fully saturated rings. The van der Waals surface area contributed by atoms with E-state index in [1.807, 2.05) is 4.90 Å². The molecule has 3 heteroatoms. The first kappa shape index (κ1) is 13.5. The quantitative estimate of drug-likeness (QED) is 0.795. The van der Waals surface area contributed by atoms with Gasteiger partial charge in [0, 0.05) is 13.1 Å². The number of nitrogens with two attached hydrogens (primary N) is 1. The molecule has 0 aromatic rings. The van der Waals surface area contributed by atoms with Gasteiger partial charge in [0.25, 0.3) is 0 Å². The monoisotopic (exact) mass is 226 g/mol. The molecule has 1 saturated heterocycles. The molecule has 0 spiro atoms. The molecule has 1 aliphatic rings. The Hall–Kier alpha value is -0.570. The van der Waals surface area contributed by atoms with E-state index in [2.05, 4.69) is 27.7 Å². The van der Waals surface area contributed by atoms with Gasteiger partial charge in [-0.25, -0.2) is 0 Å². The zero-order chi connectivity index (χ0) is 12.3. The van der Waals surface area contributed by atoms with Gasteiger partial charge in [-0.3, -0.25) is 4.79 Å². The minimum absolute atomic E-state index is 0.150. The Kier molecular flexibility index (Phi) is 4.78. The van der Waals surface area contributed by atoms with E-state index in [0.29, 0.717) is 11.8 Å². The molecule has 16 heavy (non-hydrogen) atoms. The van der Waals surface area contributed by atoms with Crippen molar-refractivity contribution in [1.29, 1.82) is 0 Å². The minimum Gasteiger partial charge on any atom is -0.341 e. The summed E-state index contributed by atoms with van der Waals surface area (Å²) in [5.74, 6) is 1.76. The molecule has 3 nitrogen and oxygen atoms in total. The third-order valence-electron chi connectivity index (χ3n) is 4.02. The molecule has 1 heterocycles. The second kappa shape index (κ2) is 5.67. The van der Waals surface area contributed by atoms with Gasteiger partial charge in [0.15, 0.2) is 0 Å². The molecule has 0 bridgehead atoms. The number of carbonyl (C=O) groups is 1. The highest BCUT2D eigenvalue weighted by Gasteiger charge is 2.31. The van der Waals surface area contributed by atoms with Crippen LogP contribution in [-0.2, 0) is 4.79 Å². The SMILES string of the molecule is CC[C@H](C)[C@H](N)C(=O)N1CCC(C(C)C)C1. The molecule has 3 atom stereocenters. The van der Waals surface area contributed by atoms with Crippen molar-refractivity contribution < 1.29 is 4.79 Å². The predicted molar refractivity (Wildman–Crippen MR) is 67.0 cm³/mol. The van der Waals surface area contributed by atoms with Crippen LogP contribution in [0.25, 0.3) is 0 Å². The first-order valence-electron chi connectivity index (χ1n) is 6.51. The highest BCUT2D eigenvalue weighted by molar-refractivity contribution is 5.82. The van der Waals surface area contributed by atoms with Crippen molar-refractivity contribution >= 4 is 5.91 Å². The molecule has 0 saturated carbocycles. The van der Waals surface area contributed by atoms with Gasteiger partial charge in [-0.15, -0.1) is 0 Å². The summed E-state index contributed by atoms with van der Waals surface area (Å²) in [5, 5.41) is 0. The Bertz CT molecular complexity index is 240. The average Bonchev–Trinajstić information content (AvgIpc) is 2.75. The van der Waals surface area contributed by atoms with E-state index in [4.69, 9.17) is 5.73 Å². The van der Waals surface area contributed by atoms with Gasteiger partial charge in [0.05, 0.1) is 6.04 Å².